The zero-order chi connectivity index (χ0) is 28.3. The van der Waals surface area contributed by atoms with Gasteiger partial charge in [-0.1, -0.05) is 50.0 Å². The number of carbonyl (C=O) groups excluding carboxylic acids is 3. The molecule has 0 aliphatic heterocycles. The number of amides is 1. The molecule has 1 amide bonds. The van der Waals surface area contributed by atoms with Gasteiger partial charge in [0.25, 0.3) is 0 Å². The van der Waals surface area contributed by atoms with Crippen LogP contribution in [-0.4, -0.2) is 45.4 Å². The zero-order valence-corrected chi connectivity index (χ0v) is 22.4. The molecule has 0 bridgehead atoms. The van der Waals surface area contributed by atoms with E-state index in [1.54, 1.807) is 19.9 Å². The van der Waals surface area contributed by atoms with Crippen molar-refractivity contribution in [2.24, 2.45) is 5.41 Å². The molecule has 37 heavy (non-hydrogen) atoms. The molecule has 198 valence electrons. The topological polar surface area (TPSA) is 138 Å². The number of carboxylic acids is 2. The van der Waals surface area contributed by atoms with Gasteiger partial charge >= 0.3 is 17.9 Å². The second kappa shape index (κ2) is 11.3. The van der Waals surface area contributed by atoms with Crippen LogP contribution in [0.2, 0.25) is 10.0 Å². The van der Waals surface area contributed by atoms with Gasteiger partial charge in [-0.2, -0.15) is 0 Å². The third-order valence-electron chi connectivity index (χ3n) is 6.04. The van der Waals surface area contributed by atoms with Gasteiger partial charge in [0.1, 0.15) is 5.60 Å². The van der Waals surface area contributed by atoms with Gasteiger partial charge in [0.2, 0.25) is 11.7 Å². The number of rotatable bonds is 9. The van der Waals surface area contributed by atoms with Crippen molar-refractivity contribution >= 4 is 58.5 Å². The number of halogens is 2. The lowest BCUT2D eigenvalue weighted by molar-refractivity contribution is -0.172. The number of nitrogens with zero attached hydrogens (tertiary/aromatic N) is 1. The van der Waals surface area contributed by atoms with E-state index in [0.717, 1.165) is 23.1 Å². The van der Waals surface area contributed by atoms with Crippen LogP contribution in [0.3, 0.4) is 0 Å². The standard InChI is InChI=1S/C26H27Cl2NO8/c1-25(2,3)26(4,5)37-24(36)20(30)12-21(31)29(13-14-6-7-18(27)19(28)8-14)17-10-15(22(32)33)9-16(11-17)23(34)35/h6-11H,12-13H2,1-5H3,(H,32,33)(H,34,35). The normalized spacial score (nSPS) is 11.5. The van der Waals surface area contributed by atoms with Crippen LogP contribution in [0.15, 0.2) is 36.4 Å². The summed E-state index contributed by atoms with van der Waals surface area (Å²) in [6.45, 7) is 8.52. The first-order valence-corrected chi connectivity index (χ1v) is 11.8. The molecule has 9 nitrogen and oxygen atoms in total. The van der Waals surface area contributed by atoms with E-state index in [1.807, 2.05) is 20.8 Å². The van der Waals surface area contributed by atoms with E-state index < -0.39 is 47.0 Å². The molecule has 0 radical (unpaired) electrons. The van der Waals surface area contributed by atoms with Crippen LogP contribution in [-0.2, 0) is 25.7 Å². The molecule has 0 fully saturated rings. The molecule has 11 heteroatoms. The maximum atomic E-state index is 13.3. The average Bonchev–Trinajstić information content (AvgIpc) is 2.78. The average molecular weight is 552 g/mol. The number of carboxylic acid groups (broad SMARTS) is 2. The van der Waals surface area contributed by atoms with E-state index in [2.05, 4.69) is 0 Å². The molecule has 0 atom stereocenters. The van der Waals surface area contributed by atoms with E-state index in [-0.39, 0.29) is 33.4 Å². The molecule has 0 unspecified atom stereocenters. The SMILES string of the molecule is CC(C)(C)C(C)(C)OC(=O)C(=O)CC(=O)N(Cc1ccc(Cl)c(Cl)c1)c1cc(C(=O)O)cc(C(=O)O)c1. The Kier molecular flexibility index (Phi) is 9.11. The van der Waals surface area contributed by atoms with E-state index in [0.29, 0.717) is 5.56 Å². The van der Waals surface area contributed by atoms with Crippen molar-refractivity contribution in [1.29, 1.82) is 0 Å². The lowest BCUT2D eigenvalue weighted by atomic mass is 9.79. The van der Waals surface area contributed by atoms with Crippen molar-refractivity contribution < 1.29 is 38.9 Å². The first kappa shape index (κ1) is 29.8. The van der Waals surface area contributed by atoms with Crippen molar-refractivity contribution in [1.82, 2.24) is 0 Å². The number of ketones is 1. The second-order valence-electron chi connectivity index (χ2n) is 9.86. The lowest BCUT2D eigenvalue weighted by Gasteiger charge is -2.37. The summed E-state index contributed by atoms with van der Waals surface area (Å²) < 4.78 is 5.35. The van der Waals surface area contributed by atoms with Crippen LogP contribution in [0.5, 0.6) is 0 Å². The largest absolute Gasteiger partial charge is 0.478 e. The Morgan fingerprint density at radius 1 is 0.838 bits per heavy atom. The summed E-state index contributed by atoms with van der Waals surface area (Å²) in [6, 6.07) is 7.62. The Hall–Kier alpha value is -3.43. The molecule has 2 N–H and O–H groups in total. The van der Waals surface area contributed by atoms with E-state index in [1.165, 1.54) is 12.1 Å². The number of ether oxygens (including phenoxy) is 1. The van der Waals surface area contributed by atoms with Gasteiger partial charge in [0.05, 0.1) is 34.1 Å². The summed E-state index contributed by atoms with van der Waals surface area (Å²) in [5, 5.41) is 19.3. The number of esters is 1. The second-order valence-corrected chi connectivity index (χ2v) is 10.7. The number of anilines is 1. The van der Waals surface area contributed by atoms with E-state index in [9.17, 15) is 34.2 Å². The smallest absolute Gasteiger partial charge is 0.375 e. The third kappa shape index (κ3) is 7.53. The zero-order valence-electron chi connectivity index (χ0n) is 20.9. The van der Waals surface area contributed by atoms with Crippen LogP contribution >= 0.6 is 23.2 Å². The number of hydrogen-bond acceptors (Lipinski definition) is 6. The number of carbonyl (C=O) groups is 5. The molecule has 0 saturated heterocycles. The summed E-state index contributed by atoms with van der Waals surface area (Å²) in [4.78, 5) is 62.6. The fourth-order valence-corrected chi connectivity index (χ4v) is 3.23. The van der Waals surface area contributed by atoms with Gasteiger partial charge in [-0.3, -0.25) is 9.59 Å². The predicted octanol–water partition coefficient (Wildman–Crippen LogP) is 5.25. The van der Waals surface area contributed by atoms with Gasteiger partial charge in [-0.25, -0.2) is 14.4 Å². The minimum absolute atomic E-state index is 0.107. The van der Waals surface area contributed by atoms with E-state index >= 15 is 0 Å². The van der Waals surface area contributed by atoms with Gasteiger partial charge in [0, 0.05) is 11.1 Å². The Morgan fingerprint density at radius 3 is 1.84 bits per heavy atom. The van der Waals surface area contributed by atoms with Crippen molar-refractivity contribution in [3.63, 3.8) is 0 Å². The van der Waals surface area contributed by atoms with Crippen LogP contribution in [0.4, 0.5) is 5.69 Å². The minimum atomic E-state index is -1.42. The monoisotopic (exact) mass is 551 g/mol. The molecule has 0 heterocycles. The van der Waals surface area contributed by atoms with Gasteiger partial charge in [-0.05, 0) is 49.7 Å². The first-order valence-electron chi connectivity index (χ1n) is 11.0. The van der Waals surface area contributed by atoms with Crippen molar-refractivity contribution in [2.45, 2.75) is 53.2 Å². The van der Waals surface area contributed by atoms with Gasteiger partial charge < -0.3 is 19.8 Å². The van der Waals surface area contributed by atoms with E-state index in [4.69, 9.17) is 27.9 Å². The highest BCUT2D eigenvalue weighted by Gasteiger charge is 2.38. The molecule has 0 aliphatic rings. The molecule has 0 aromatic heterocycles. The summed E-state index contributed by atoms with van der Waals surface area (Å²) in [5.41, 5.74) is -1.96. The van der Waals surface area contributed by atoms with Crippen molar-refractivity contribution in [2.75, 3.05) is 4.90 Å². The van der Waals surface area contributed by atoms with Crippen LogP contribution < -0.4 is 4.90 Å². The van der Waals surface area contributed by atoms with Crippen LogP contribution in [0.25, 0.3) is 0 Å². The highest BCUT2D eigenvalue weighted by atomic mass is 35.5. The van der Waals surface area contributed by atoms with Crippen molar-refractivity contribution in [3.05, 3.63) is 63.1 Å². The first-order chi connectivity index (χ1) is 16.9. The van der Waals surface area contributed by atoms with Crippen LogP contribution in [0.1, 0.15) is 67.3 Å². The summed E-state index contributed by atoms with van der Waals surface area (Å²) >= 11 is 12.0. The Bertz CT molecular complexity index is 1230. The fourth-order valence-electron chi connectivity index (χ4n) is 2.90. The molecular formula is C26H27Cl2NO8. The molecule has 0 spiro atoms. The summed E-state index contributed by atoms with van der Waals surface area (Å²) in [6.07, 6.45) is -0.903. The van der Waals surface area contributed by atoms with Gasteiger partial charge in [0.15, 0.2) is 0 Å². The Balaban J connectivity index is 2.47. The molecule has 0 saturated carbocycles. The minimum Gasteiger partial charge on any atom is -0.478 e. The molecule has 0 aliphatic carbocycles. The fraction of sp³-hybridized carbons (Fsp3) is 0.346. The molecule has 2 aromatic rings. The van der Waals surface area contributed by atoms with Crippen molar-refractivity contribution in [3.8, 4) is 0 Å². The Labute approximate surface area is 223 Å². The molecule has 2 aromatic carbocycles. The number of Topliss-reactive ketones (excluding diaryl/α,β-unsaturated/α-hetero) is 1. The number of benzene rings is 2. The maximum absolute atomic E-state index is 13.3. The quantitative estimate of drug-likeness (QED) is 0.244. The molecule has 2 rings (SSSR count). The number of aromatic carboxylic acids is 2. The lowest BCUT2D eigenvalue weighted by Crippen LogP contribution is -2.43. The Morgan fingerprint density at radius 2 is 1.38 bits per heavy atom. The summed E-state index contributed by atoms with van der Waals surface area (Å²) in [7, 11) is 0. The number of hydrogen-bond donors (Lipinski definition) is 2. The maximum Gasteiger partial charge on any atom is 0.375 e. The van der Waals surface area contributed by atoms with Gasteiger partial charge in [-0.15, -0.1) is 0 Å². The highest BCUT2D eigenvalue weighted by Crippen LogP contribution is 2.33. The summed E-state index contributed by atoms with van der Waals surface area (Å²) in [5.74, 6) is -6.05. The predicted molar refractivity (Wildman–Crippen MR) is 137 cm³/mol. The third-order valence-corrected chi connectivity index (χ3v) is 6.78. The van der Waals surface area contributed by atoms with Crippen LogP contribution in [0, 0.1) is 5.41 Å². The molecular weight excluding hydrogens is 525 g/mol. The highest BCUT2D eigenvalue weighted by molar-refractivity contribution is 6.42.